The van der Waals surface area contributed by atoms with Crippen molar-refractivity contribution in [3.63, 3.8) is 0 Å². The number of nitrogens with two attached hydrogens (primary N) is 1. The Hall–Kier alpha value is -0.830. The molecule has 0 amide bonds. The van der Waals surface area contributed by atoms with Crippen molar-refractivity contribution >= 4 is 5.97 Å². The van der Waals surface area contributed by atoms with Crippen LogP contribution in [0.15, 0.2) is 12.2 Å². The van der Waals surface area contributed by atoms with Crippen LogP contribution in [0, 0.1) is 5.92 Å². The summed E-state index contributed by atoms with van der Waals surface area (Å²) in [7, 11) is 0. The van der Waals surface area contributed by atoms with E-state index in [-0.39, 0.29) is 0 Å². The Morgan fingerprint density at radius 3 is 2.33 bits per heavy atom. The normalized spacial score (nSPS) is 17.2. The number of rotatable bonds is 3. The van der Waals surface area contributed by atoms with Gasteiger partial charge in [-0.15, -0.1) is 0 Å². The van der Waals surface area contributed by atoms with E-state index in [0.29, 0.717) is 0 Å². The summed E-state index contributed by atoms with van der Waals surface area (Å²) in [5.74, 6) is -0.166. The third-order valence-corrected chi connectivity index (χ3v) is 2.60. The molecule has 0 radical (unpaired) electrons. The molecule has 0 atom stereocenters. The van der Waals surface area contributed by atoms with Gasteiger partial charge in [-0.1, -0.05) is 38.2 Å². The summed E-state index contributed by atoms with van der Waals surface area (Å²) in [5.41, 5.74) is 5.46. The smallest absolute Gasteiger partial charge is 0.0639 e. The number of aliphatic carboxylic acids is 1. The van der Waals surface area contributed by atoms with Crippen molar-refractivity contribution in [2.45, 2.75) is 45.4 Å². The Balaban J connectivity index is 0.000000288. The molecule has 0 aliphatic heterocycles. The summed E-state index contributed by atoms with van der Waals surface area (Å²) in [6.07, 6.45) is 10.9. The third kappa shape index (κ3) is 9.47. The van der Waals surface area contributed by atoms with E-state index in [0.717, 1.165) is 18.5 Å². The number of carbonyl (C=O) groups excluding carboxylic acids is 1. The van der Waals surface area contributed by atoms with E-state index >= 15 is 0 Å². The predicted molar refractivity (Wildman–Crippen MR) is 60.1 cm³/mol. The van der Waals surface area contributed by atoms with E-state index in [4.69, 9.17) is 5.73 Å². The van der Waals surface area contributed by atoms with Gasteiger partial charge in [0.25, 0.3) is 0 Å². The quantitative estimate of drug-likeness (QED) is 0.715. The van der Waals surface area contributed by atoms with Crippen LogP contribution in [0.3, 0.4) is 0 Å². The van der Waals surface area contributed by atoms with Crippen molar-refractivity contribution in [3.8, 4) is 0 Å². The van der Waals surface area contributed by atoms with Gasteiger partial charge in [-0.25, -0.2) is 0 Å². The molecule has 15 heavy (non-hydrogen) atoms. The highest BCUT2D eigenvalue weighted by molar-refractivity contribution is 5.77. The lowest BCUT2D eigenvalue weighted by Crippen LogP contribution is -2.18. The molecular formula is C12H22NO2-. The molecule has 1 saturated carbocycles. The Morgan fingerprint density at radius 1 is 1.40 bits per heavy atom. The molecule has 1 rings (SSSR count). The maximum atomic E-state index is 9.40. The van der Waals surface area contributed by atoms with E-state index in [1.54, 1.807) is 6.92 Å². The van der Waals surface area contributed by atoms with Crippen molar-refractivity contribution in [2.75, 3.05) is 6.54 Å². The van der Waals surface area contributed by atoms with Crippen LogP contribution in [0.2, 0.25) is 0 Å². The molecule has 3 heteroatoms. The van der Waals surface area contributed by atoms with Crippen LogP contribution < -0.4 is 10.8 Å². The Kier molecular flexibility index (Phi) is 9.18. The zero-order valence-corrected chi connectivity index (χ0v) is 9.58. The molecule has 1 aliphatic rings. The summed E-state index contributed by atoms with van der Waals surface area (Å²) in [6.45, 7) is 2.51. The molecule has 2 N–H and O–H groups in total. The second-order valence-electron chi connectivity index (χ2n) is 3.90. The van der Waals surface area contributed by atoms with Crippen molar-refractivity contribution in [2.24, 2.45) is 11.7 Å². The van der Waals surface area contributed by atoms with E-state index in [1.165, 1.54) is 44.6 Å². The fraction of sp³-hybridized carbons (Fsp3) is 0.750. The van der Waals surface area contributed by atoms with Crippen molar-refractivity contribution in [3.05, 3.63) is 12.2 Å². The standard InChI is InChI=1S/C8H17N.C4H6O2/c9-7-6-8-4-2-1-3-5-8;1-2-3-4(5)6/h8H,1-7,9H2;2-3H,1H3,(H,5,6)/p-1/b;3-2+. The molecule has 88 valence electrons. The van der Waals surface area contributed by atoms with Gasteiger partial charge in [0.1, 0.15) is 0 Å². The van der Waals surface area contributed by atoms with Gasteiger partial charge < -0.3 is 15.6 Å². The first-order valence-electron chi connectivity index (χ1n) is 5.74. The Labute approximate surface area is 92.4 Å². The highest BCUT2D eigenvalue weighted by Crippen LogP contribution is 2.25. The van der Waals surface area contributed by atoms with Gasteiger partial charge in [0.2, 0.25) is 0 Å². The van der Waals surface area contributed by atoms with Crippen LogP contribution in [-0.4, -0.2) is 12.5 Å². The summed E-state index contributed by atoms with van der Waals surface area (Å²) in [6, 6.07) is 0. The fourth-order valence-corrected chi connectivity index (χ4v) is 1.85. The molecule has 0 aromatic heterocycles. The first-order valence-corrected chi connectivity index (χ1v) is 5.74. The van der Waals surface area contributed by atoms with Gasteiger partial charge >= 0.3 is 0 Å². The monoisotopic (exact) mass is 212 g/mol. The summed E-state index contributed by atoms with van der Waals surface area (Å²) in [4.78, 5) is 9.40. The Morgan fingerprint density at radius 2 is 2.00 bits per heavy atom. The fourth-order valence-electron chi connectivity index (χ4n) is 1.85. The molecule has 0 heterocycles. The summed E-state index contributed by atoms with van der Waals surface area (Å²) in [5, 5.41) is 9.40. The van der Waals surface area contributed by atoms with E-state index in [1.807, 2.05) is 0 Å². The summed E-state index contributed by atoms with van der Waals surface area (Å²) < 4.78 is 0. The third-order valence-electron chi connectivity index (χ3n) is 2.60. The average Bonchev–Trinajstić information content (AvgIpc) is 2.20. The molecule has 0 aromatic rings. The molecule has 0 saturated heterocycles. The van der Waals surface area contributed by atoms with Gasteiger partial charge in [-0.3, -0.25) is 0 Å². The molecule has 0 aromatic carbocycles. The SMILES string of the molecule is C/C=C/C(=O)[O-].NCCC1CCCCC1. The zero-order valence-electron chi connectivity index (χ0n) is 9.58. The molecule has 3 nitrogen and oxygen atoms in total. The number of hydrogen-bond acceptors (Lipinski definition) is 3. The van der Waals surface area contributed by atoms with E-state index in [9.17, 15) is 9.90 Å². The maximum absolute atomic E-state index is 9.40. The first-order chi connectivity index (χ1) is 7.20. The minimum atomic E-state index is -1.14. The van der Waals surface area contributed by atoms with Crippen molar-refractivity contribution in [1.82, 2.24) is 0 Å². The van der Waals surface area contributed by atoms with Crippen LogP contribution in [0.4, 0.5) is 0 Å². The number of allylic oxidation sites excluding steroid dienone is 1. The molecule has 0 unspecified atom stereocenters. The maximum Gasteiger partial charge on any atom is 0.0639 e. The highest BCUT2D eigenvalue weighted by atomic mass is 16.4. The second-order valence-corrected chi connectivity index (χ2v) is 3.90. The van der Waals surface area contributed by atoms with Crippen LogP contribution in [0.1, 0.15) is 45.4 Å². The van der Waals surface area contributed by atoms with Gasteiger partial charge in [-0.2, -0.15) is 0 Å². The lowest BCUT2D eigenvalue weighted by molar-refractivity contribution is -0.297. The Bertz CT molecular complexity index is 181. The van der Waals surface area contributed by atoms with Crippen molar-refractivity contribution in [1.29, 1.82) is 0 Å². The number of carboxylic acid groups (broad SMARTS) is 1. The minimum Gasteiger partial charge on any atom is -0.545 e. The van der Waals surface area contributed by atoms with Gasteiger partial charge in [0.05, 0.1) is 5.97 Å². The molecule has 1 fully saturated rings. The van der Waals surface area contributed by atoms with Crippen LogP contribution in [0.5, 0.6) is 0 Å². The van der Waals surface area contributed by atoms with E-state index in [2.05, 4.69) is 0 Å². The van der Waals surface area contributed by atoms with Crippen LogP contribution in [-0.2, 0) is 4.79 Å². The lowest BCUT2D eigenvalue weighted by Gasteiger charge is -2.20. The summed E-state index contributed by atoms with van der Waals surface area (Å²) >= 11 is 0. The molecule has 0 spiro atoms. The largest absolute Gasteiger partial charge is 0.545 e. The van der Waals surface area contributed by atoms with Crippen molar-refractivity contribution < 1.29 is 9.90 Å². The van der Waals surface area contributed by atoms with E-state index < -0.39 is 5.97 Å². The molecule has 0 bridgehead atoms. The molecular weight excluding hydrogens is 190 g/mol. The van der Waals surface area contributed by atoms with Gasteiger partial charge in [-0.05, 0) is 31.9 Å². The number of carbonyl (C=O) groups is 1. The van der Waals surface area contributed by atoms with Gasteiger partial charge in [0.15, 0.2) is 0 Å². The number of hydrogen-bond donors (Lipinski definition) is 1. The number of carboxylic acids is 1. The van der Waals surface area contributed by atoms with Crippen LogP contribution >= 0.6 is 0 Å². The van der Waals surface area contributed by atoms with Crippen LogP contribution in [0.25, 0.3) is 0 Å². The second kappa shape index (κ2) is 9.71. The minimum absolute atomic E-state index is 0.894. The zero-order chi connectivity index (χ0) is 11.5. The average molecular weight is 212 g/mol. The van der Waals surface area contributed by atoms with Gasteiger partial charge in [0, 0.05) is 0 Å². The highest BCUT2D eigenvalue weighted by Gasteiger charge is 2.11. The molecule has 1 aliphatic carbocycles. The lowest BCUT2D eigenvalue weighted by atomic mass is 9.87. The first kappa shape index (κ1) is 14.2. The predicted octanol–water partition coefficient (Wildman–Crippen LogP) is 1.23. The topological polar surface area (TPSA) is 66.1 Å².